The Balaban J connectivity index is 1.78. The minimum Gasteiger partial charge on any atom is -0.491 e. The van der Waals surface area contributed by atoms with Crippen LogP contribution in [0, 0.1) is 0 Å². The van der Waals surface area contributed by atoms with Gasteiger partial charge in [-0.2, -0.15) is 0 Å². The molecular weight excluding hydrogens is 320 g/mol. The number of amides is 2. The Hall–Kier alpha value is -3.12. The lowest BCUT2D eigenvalue weighted by Crippen LogP contribution is -2.35. The number of hydroxylamine groups is 1. The van der Waals surface area contributed by atoms with Crippen molar-refractivity contribution >= 4 is 17.9 Å². The fourth-order valence-corrected chi connectivity index (χ4v) is 2.06. The van der Waals surface area contributed by atoms with Crippen LogP contribution >= 0.6 is 0 Å². The van der Waals surface area contributed by atoms with Gasteiger partial charge in [-0.3, -0.25) is 14.8 Å². The van der Waals surface area contributed by atoms with Gasteiger partial charge in [0, 0.05) is 11.6 Å². The molecule has 0 fully saturated rings. The first-order chi connectivity index (χ1) is 12.1. The maximum Gasteiger partial charge on any atom is 0.274 e. The van der Waals surface area contributed by atoms with Crippen molar-refractivity contribution in [1.29, 1.82) is 0 Å². The summed E-state index contributed by atoms with van der Waals surface area (Å²) in [6, 6.07) is 15.7. The molecule has 2 rings (SSSR count). The van der Waals surface area contributed by atoms with Crippen molar-refractivity contribution in [3.8, 4) is 5.75 Å². The van der Waals surface area contributed by atoms with Crippen LogP contribution in [0.3, 0.4) is 0 Å². The minimum absolute atomic E-state index is 0.187. The van der Waals surface area contributed by atoms with Crippen LogP contribution in [0.15, 0.2) is 60.7 Å². The van der Waals surface area contributed by atoms with Gasteiger partial charge in [-0.15, -0.1) is 0 Å². The summed E-state index contributed by atoms with van der Waals surface area (Å²) >= 11 is 0. The van der Waals surface area contributed by atoms with Crippen LogP contribution < -0.4 is 15.5 Å². The highest BCUT2D eigenvalue weighted by molar-refractivity contribution is 5.93. The van der Waals surface area contributed by atoms with E-state index in [0.29, 0.717) is 11.3 Å². The standard InChI is InChI=1S/C19H20N2O4/c1-14(20-18(22)12-7-15-5-3-2-4-6-15)13-25-17-10-8-16(9-11-17)19(23)21-24/h2-12,14,24H,13H2,1H3,(H,20,22)(H,21,23)/b12-7+/t14-/m0/s1. The lowest BCUT2D eigenvalue weighted by Gasteiger charge is -2.14. The molecule has 6 heteroatoms. The molecule has 0 saturated carbocycles. The molecule has 130 valence electrons. The molecule has 1 atom stereocenters. The molecule has 0 radical (unpaired) electrons. The third-order valence-electron chi connectivity index (χ3n) is 3.33. The number of carbonyl (C=O) groups excluding carboxylic acids is 2. The number of carbonyl (C=O) groups is 2. The van der Waals surface area contributed by atoms with Gasteiger partial charge in [0.2, 0.25) is 5.91 Å². The fraction of sp³-hybridized carbons (Fsp3) is 0.158. The van der Waals surface area contributed by atoms with E-state index in [4.69, 9.17) is 9.94 Å². The molecule has 0 heterocycles. The summed E-state index contributed by atoms with van der Waals surface area (Å²) in [7, 11) is 0. The normalized spacial score (nSPS) is 11.8. The van der Waals surface area contributed by atoms with E-state index in [1.54, 1.807) is 23.7 Å². The van der Waals surface area contributed by atoms with E-state index in [1.165, 1.54) is 18.2 Å². The number of hydrogen-bond acceptors (Lipinski definition) is 4. The zero-order valence-corrected chi connectivity index (χ0v) is 13.8. The molecule has 2 aromatic carbocycles. The zero-order valence-electron chi connectivity index (χ0n) is 13.8. The third kappa shape index (κ3) is 6.12. The van der Waals surface area contributed by atoms with E-state index < -0.39 is 5.91 Å². The molecule has 0 aliphatic heterocycles. The van der Waals surface area contributed by atoms with E-state index in [9.17, 15) is 9.59 Å². The Kier molecular flexibility index (Phi) is 6.74. The van der Waals surface area contributed by atoms with Crippen molar-refractivity contribution in [3.05, 3.63) is 71.8 Å². The average molecular weight is 340 g/mol. The molecule has 3 N–H and O–H groups in total. The third-order valence-corrected chi connectivity index (χ3v) is 3.33. The first kappa shape index (κ1) is 18.2. The quantitative estimate of drug-likeness (QED) is 0.410. The largest absolute Gasteiger partial charge is 0.491 e. The van der Waals surface area contributed by atoms with E-state index in [-0.39, 0.29) is 18.6 Å². The predicted octanol–water partition coefficient (Wildman–Crippen LogP) is 2.40. The molecule has 2 aromatic rings. The van der Waals surface area contributed by atoms with E-state index >= 15 is 0 Å². The number of rotatable bonds is 7. The molecule has 0 bridgehead atoms. The number of ether oxygens (including phenoxy) is 1. The van der Waals surface area contributed by atoms with Gasteiger partial charge in [0.05, 0.1) is 6.04 Å². The lowest BCUT2D eigenvalue weighted by atomic mass is 10.2. The van der Waals surface area contributed by atoms with Gasteiger partial charge in [0.15, 0.2) is 0 Å². The summed E-state index contributed by atoms with van der Waals surface area (Å²) in [5.74, 6) is -0.220. The van der Waals surface area contributed by atoms with Gasteiger partial charge in [0.1, 0.15) is 12.4 Å². The van der Waals surface area contributed by atoms with Gasteiger partial charge in [-0.25, -0.2) is 5.48 Å². The first-order valence-electron chi connectivity index (χ1n) is 7.79. The second-order valence-electron chi connectivity index (χ2n) is 5.43. The molecule has 25 heavy (non-hydrogen) atoms. The van der Waals surface area contributed by atoms with Crippen LogP contribution in [-0.4, -0.2) is 29.7 Å². The fourth-order valence-electron chi connectivity index (χ4n) is 2.06. The highest BCUT2D eigenvalue weighted by Gasteiger charge is 2.07. The molecule has 0 saturated heterocycles. The van der Waals surface area contributed by atoms with Crippen molar-refractivity contribution in [2.24, 2.45) is 0 Å². The zero-order chi connectivity index (χ0) is 18.1. The minimum atomic E-state index is -0.586. The molecule has 6 nitrogen and oxygen atoms in total. The van der Waals surface area contributed by atoms with E-state index in [0.717, 1.165) is 5.56 Å². The van der Waals surface area contributed by atoms with Crippen LogP contribution in [0.25, 0.3) is 6.08 Å². The maximum absolute atomic E-state index is 11.9. The number of nitrogens with one attached hydrogen (secondary N) is 2. The first-order valence-corrected chi connectivity index (χ1v) is 7.79. The molecule has 0 aliphatic rings. The summed E-state index contributed by atoms with van der Waals surface area (Å²) < 4.78 is 5.57. The van der Waals surface area contributed by atoms with Crippen LogP contribution in [0.1, 0.15) is 22.8 Å². The van der Waals surface area contributed by atoms with Crippen molar-refractivity contribution in [1.82, 2.24) is 10.8 Å². The Labute approximate surface area is 146 Å². The van der Waals surface area contributed by atoms with Crippen LogP contribution in [0.2, 0.25) is 0 Å². The van der Waals surface area contributed by atoms with Gasteiger partial charge < -0.3 is 10.1 Å². The van der Waals surface area contributed by atoms with Crippen molar-refractivity contribution in [2.45, 2.75) is 13.0 Å². The Morgan fingerprint density at radius 2 is 1.80 bits per heavy atom. The van der Waals surface area contributed by atoms with Gasteiger partial charge in [-0.1, -0.05) is 30.3 Å². The van der Waals surface area contributed by atoms with Crippen LogP contribution in [0.5, 0.6) is 5.75 Å². The van der Waals surface area contributed by atoms with Crippen molar-refractivity contribution in [2.75, 3.05) is 6.61 Å². The van der Waals surface area contributed by atoms with E-state index in [1.807, 2.05) is 37.3 Å². The second-order valence-corrected chi connectivity index (χ2v) is 5.43. The molecule has 2 amide bonds. The van der Waals surface area contributed by atoms with Crippen LogP contribution in [0.4, 0.5) is 0 Å². The summed E-state index contributed by atoms with van der Waals surface area (Å²) in [4.78, 5) is 23.1. The Bertz CT molecular complexity index is 727. The van der Waals surface area contributed by atoms with Crippen molar-refractivity contribution in [3.63, 3.8) is 0 Å². The lowest BCUT2D eigenvalue weighted by molar-refractivity contribution is -0.117. The summed E-state index contributed by atoms with van der Waals surface area (Å²) in [6.07, 6.45) is 3.22. The summed E-state index contributed by atoms with van der Waals surface area (Å²) in [5.41, 5.74) is 2.84. The Morgan fingerprint density at radius 1 is 1.12 bits per heavy atom. The molecular formula is C19H20N2O4. The van der Waals surface area contributed by atoms with Gasteiger partial charge in [-0.05, 0) is 42.8 Å². The van der Waals surface area contributed by atoms with Crippen molar-refractivity contribution < 1.29 is 19.5 Å². The average Bonchev–Trinajstić information content (AvgIpc) is 2.65. The van der Waals surface area contributed by atoms with E-state index in [2.05, 4.69) is 5.32 Å². The topological polar surface area (TPSA) is 87.7 Å². The maximum atomic E-state index is 11.9. The van der Waals surface area contributed by atoms with Gasteiger partial charge >= 0.3 is 0 Å². The smallest absolute Gasteiger partial charge is 0.274 e. The van der Waals surface area contributed by atoms with Gasteiger partial charge in [0.25, 0.3) is 5.91 Å². The van der Waals surface area contributed by atoms with Crippen LogP contribution in [-0.2, 0) is 4.79 Å². The molecule has 0 aromatic heterocycles. The molecule has 0 spiro atoms. The molecule has 0 aliphatic carbocycles. The molecule has 0 unspecified atom stereocenters. The highest BCUT2D eigenvalue weighted by Crippen LogP contribution is 2.12. The predicted molar refractivity (Wildman–Crippen MR) is 94.3 cm³/mol. The Morgan fingerprint density at radius 3 is 2.44 bits per heavy atom. The number of hydrogen-bond donors (Lipinski definition) is 3. The summed E-state index contributed by atoms with van der Waals surface area (Å²) in [5, 5.41) is 11.4. The SMILES string of the molecule is C[C@@H](COc1ccc(C(=O)NO)cc1)NC(=O)/C=C/c1ccccc1. The second kappa shape index (κ2) is 9.24. The number of benzene rings is 2. The monoisotopic (exact) mass is 340 g/mol. The highest BCUT2D eigenvalue weighted by atomic mass is 16.5. The summed E-state index contributed by atoms with van der Waals surface area (Å²) in [6.45, 7) is 2.12.